The van der Waals surface area contributed by atoms with Gasteiger partial charge in [0.2, 0.25) is 0 Å². The van der Waals surface area contributed by atoms with Gasteiger partial charge in [0.25, 0.3) is 0 Å². The standard InChI is InChI=1S/C7H13N3O/c1-5(2)11-10-6(8)3-4-7(10)9/h3-5H,8-9H2,1-2H3. The van der Waals surface area contributed by atoms with Crippen LogP contribution in [0.2, 0.25) is 0 Å². The van der Waals surface area contributed by atoms with Crippen molar-refractivity contribution in [2.75, 3.05) is 11.5 Å². The van der Waals surface area contributed by atoms with Gasteiger partial charge in [0.15, 0.2) is 0 Å². The maximum atomic E-state index is 5.55. The summed E-state index contributed by atoms with van der Waals surface area (Å²) in [4.78, 5) is 5.28. The SMILES string of the molecule is CC(C)On1c(N)ccc1N. The largest absolute Gasteiger partial charge is 0.408 e. The summed E-state index contributed by atoms with van der Waals surface area (Å²) in [6, 6.07) is 3.41. The van der Waals surface area contributed by atoms with E-state index in [1.165, 1.54) is 4.73 Å². The van der Waals surface area contributed by atoms with E-state index in [0.29, 0.717) is 11.6 Å². The van der Waals surface area contributed by atoms with Gasteiger partial charge < -0.3 is 16.3 Å². The smallest absolute Gasteiger partial charge is 0.142 e. The Hall–Kier alpha value is -1.32. The molecular weight excluding hydrogens is 142 g/mol. The van der Waals surface area contributed by atoms with Crippen molar-refractivity contribution in [2.45, 2.75) is 20.0 Å². The number of anilines is 2. The second-order valence-electron chi connectivity index (χ2n) is 2.63. The third-order valence-electron chi connectivity index (χ3n) is 1.21. The Balaban J connectivity index is 2.83. The molecule has 0 saturated heterocycles. The van der Waals surface area contributed by atoms with E-state index in [1.807, 2.05) is 13.8 Å². The van der Waals surface area contributed by atoms with Gasteiger partial charge in [-0.25, -0.2) is 0 Å². The molecule has 0 aliphatic rings. The Morgan fingerprint density at radius 3 is 2.09 bits per heavy atom. The van der Waals surface area contributed by atoms with Crippen molar-refractivity contribution in [1.82, 2.24) is 4.73 Å². The molecule has 4 heteroatoms. The van der Waals surface area contributed by atoms with E-state index in [1.54, 1.807) is 12.1 Å². The molecule has 0 saturated carbocycles. The topological polar surface area (TPSA) is 66.2 Å². The zero-order valence-electron chi connectivity index (χ0n) is 6.74. The Morgan fingerprint density at radius 2 is 1.73 bits per heavy atom. The second-order valence-corrected chi connectivity index (χ2v) is 2.63. The third kappa shape index (κ3) is 1.58. The van der Waals surface area contributed by atoms with Crippen LogP contribution in [0, 0.1) is 0 Å². The Morgan fingerprint density at radius 1 is 1.27 bits per heavy atom. The van der Waals surface area contributed by atoms with Crippen LogP contribution in [0.1, 0.15) is 13.8 Å². The van der Waals surface area contributed by atoms with Crippen LogP contribution in [0.25, 0.3) is 0 Å². The third-order valence-corrected chi connectivity index (χ3v) is 1.21. The zero-order valence-corrected chi connectivity index (χ0v) is 6.74. The van der Waals surface area contributed by atoms with Crippen LogP contribution < -0.4 is 16.3 Å². The summed E-state index contributed by atoms with van der Waals surface area (Å²) in [5.74, 6) is 1.05. The molecule has 0 aromatic carbocycles. The molecule has 0 aliphatic carbocycles. The first-order chi connectivity index (χ1) is 5.11. The first-order valence-electron chi connectivity index (χ1n) is 3.51. The van der Waals surface area contributed by atoms with E-state index in [2.05, 4.69) is 0 Å². The van der Waals surface area contributed by atoms with Crippen LogP contribution in [-0.2, 0) is 0 Å². The molecule has 0 bridgehead atoms. The number of rotatable bonds is 2. The van der Waals surface area contributed by atoms with Crippen molar-refractivity contribution in [3.63, 3.8) is 0 Å². The van der Waals surface area contributed by atoms with Crippen LogP contribution in [0.4, 0.5) is 11.6 Å². The highest BCUT2D eigenvalue weighted by Gasteiger charge is 2.03. The highest BCUT2D eigenvalue weighted by atomic mass is 16.7. The number of nitrogens with two attached hydrogens (primary N) is 2. The van der Waals surface area contributed by atoms with Crippen molar-refractivity contribution >= 4 is 11.6 Å². The zero-order chi connectivity index (χ0) is 8.43. The minimum absolute atomic E-state index is 0.0759. The predicted molar refractivity (Wildman–Crippen MR) is 45.0 cm³/mol. The summed E-state index contributed by atoms with van der Waals surface area (Å²) in [5, 5.41) is 0. The highest BCUT2D eigenvalue weighted by molar-refractivity contribution is 5.43. The minimum atomic E-state index is 0.0759. The van der Waals surface area contributed by atoms with Gasteiger partial charge >= 0.3 is 0 Å². The Bertz CT molecular complexity index is 222. The van der Waals surface area contributed by atoms with Crippen LogP contribution in [-0.4, -0.2) is 10.8 Å². The first kappa shape index (κ1) is 7.78. The molecule has 0 spiro atoms. The summed E-state index contributed by atoms with van der Waals surface area (Å²) >= 11 is 0. The number of aromatic nitrogens is 1. The van der Waals surface area contributed by atoms with Crippen LogP contribution >= 0.6 is 0 Å². The molecule has 1 aromatic rings. The maximum Gasteiger partial charge on any atom is 0.142 e. The monoisotopic (exact) mass is 155 g/mol. The lowest BCUT2D eigenvalue weighted by atomic mass is 10.5. The fourth-order valence-electron chi connectivity index (χ4n) is 0.788. The van der Waals surface area contributed by atoms with Crippen LogP contribution in [0.5, 0.6) is 0 Å². The van der Waals surface area contributed by atoms with Crippen molar-refractivity contribution in [3.8, 4) is 0 Å². The lowest BCUT2D eigenvalue weighted by Crippen LogP contribution is -2.21. The summed E-state index contributed by atoms with van der Waals surface area (Å²) in [6.07, 6.45) is 0.0759. The molecule has 0 amide bonds. The molecule has 11 heavy (non-hydrogen) atoms. The number of nitrogen functional groups attached to an aromatic ring is 2. The van der Waals surface area contributed by atoms with E-state index in [4.69, 9.17) is 16.3 Å². The summed E-state index contributed by atoms with van der Waals surface area (Å²) in [5.41, 5.74) is 11.1. The van der Waals surface area contributed by atoms with Crippen molar-refractivity contribution in [3.05, 3.63) is 12.1 Å². The number of nitrogens with zero attached hydrogens (tertiary/aromatic N) is 1. The van der Waals surface area contributed by atoms with Crippen molar-refractivity contribution < 1.29 is 4.84 Å². The quantitative estimate of drug-likeness (QED) is 0.653. The van der Waals surface area contributed by atoms with Crippen molar-refractivity contribution in [2.24, 2.45) is 0 Å². The second kappa shape index (κ2) is 2.74. The van der Waals surface area contributed by atoms with Gasteiger partial charge in [-0.05, 0) is 26.0 Å². The molecule has 0 radical (unpaired) electrons. The average Bonchev–Trinajstić information content (AvgIpc) is 2.18. The minimum Gasteiger partial charge on any atom is -0.408 e. The Labute approximate surface area is 65.7 Å². The van der Waals surface area contributed by atoms with Gasteiger partial charge in [0.1, 0.15) is 17.7 Å². The van der Waals surface area contributed by atoms with E-state index < -0.39 is 0 Å². The van der Waals surface area contributed by atoms with Gasteiger partial charge in [-0.2, -0.15) is 4.73 Å². The van der Waals surface area contributed by atoms with E-state index in [-0.39, 0.29) is 6.10 Å². The van der Waals surface area contributed by atoms with Gasteiger partial charge in [-0.3, -0.25) is 0 Å². The summed E-state index contributed by atoms with van der Waals surface area (Å²) < 4.78 is 1.42. The number of hydrogen-bond donors (Lipinski definition) is 2. The molecule has 1 heterocycles. The molecule has 0 atom stereocenters. The van der Waals surface area contributed by atoms with E-state index in [0.717, 1.165) is 0 Å². The molecule has 62 valence electrons. The number of hydrogen-bond acceptors (Lipinski definition) is 3. The summed E-state index contributed by atoms with van der Waals surface area (Å²) in [6.45, 7) is 3.83. The molecule has 0 aliphatic heterocycles. The molecule has 0 fully saturated rings. The normalized spacial score (nSPS) is 10.5. The first-order valence-corrected chi connectivity index (χ1v) is 3.51. The molecular formula is C7H13N3O. The van der Waals surface area contributed by atoms with E-state index >= 15 is 0 Å². The molecule has 1 aromatic heterocycles. The molecule has 0 unspecified atom stereocenters. The van der Waals surface area contributed by atoms with Gasteiger partial charge in [0, 0.05) is 0 Å². The predicted octanol–water partition coefficient (Wildman–Crippen LogP) is 0.490. The molecule has 4 nitrogen and oxygen atoms in total. The van der Waals surface area contributed by atoms with Crippen molar-refractivity contribution in [1.29, 1.82) is 0 Å². The lowest BCUT2D eigenvalue weighted by molar-refractivity contribution is 0.0686. The maximum absolute atomic E-state index is 5.55. The van der Waals surface area contributed by atoms with Gasteiger partial charge in [-0.1, -0.05) is 0 Å². The fraction of sp³-hybridized carbons (Fsp3) is 0.429. The average molecular weight is 155 g/mol. The summed E-state index contributed by atoms with van der Waals surface area (Å²) in [7, 11) is 0. The fourth-order valence-corrected chi connectivity index (χ4v) is 0.788. The van der Waals surface area contributed by atoms with Crippen LogP contribution in [0.15, 0.2) is 12.1 Å². The Kier molecular flexibility index (Phi) is 1.94. The van der Waals surface area contributed by atoms with Crippen LogP contribution in [0.3, 0.4) is 0 Å². The lowest BCUT2D eigenvalue weighted by Gasteiger charge is -2.12. The highest BCUT2D eigenvalue weighted by Crippen LogP contribution is 2.10. The molecule has 4 N–H and O–H groups in total. The molecule has 1 rings (SSSR count). The van der Waals surface area contributed by atoms with Gasteiger partial charge in [0.05, 0.1) is 0 Å². The van der Waals surface area contributed by atoms with E-state index in [9.17, 15) is 0 Å². The van der Waals surface area contributed by atoms with Gasteiger partial charge in [-0.15, -0.1) is 0 Å².